The minimum absolute atomic E-state index is 0.828. The van der Waals surface area contributed by atoms with Gasteiger partial charge in [-0.3, -0.25) is 20.0 Å². The normalized spacial score (nSPS) is 17.6. The van der Waals surface area contributed by atoms with E-state index < -0.39 is 0 Å². The number of hydrogen-bond acceptors (Lipinski definition) is 4. The van der Waals surface area contributed by atoms with Crippen LogP contribution in [0.4, 0.5) is 0 Å². The van der Waals surface area contributed by atoms with Gasteiger partial charge >= 0.3 is 0 Å². The fraction of sp³-hybridized carbons (Fsp3) is 0.125. The van der Waals surface area contributed by atoms with Crippen molar-refractivity contribution in [1.29, 1.82) is 0 Å². The summed E-state index contributed by atoms with van der Waals surface area (Å²) in [6.45, 7) is 0. The molecular weight excluding hydrogens is 262 g/mol. The molecule has 0 fully saturated rings. The maximum absolute atomic E-state index is 4.52. The zero-order chi connectivity index (χ0) is 14.4. The van der Waals surface area contributed by atoms with Crippen LogP contribution in [0.15, 0.2) is 46.6 Å². The van der Waals surface area contributed by atoms with Crippen LogP contribution in [0, 0.1) is 0 Å². The second-order valence-electron chi connectivity index (χ2n) is 4.82. The monoisotopic (exact) mass is 275 g/mol. The molecule has 4 rings (SSSR count). The third-order valence-corrected chi connectivity index (χ3v) is 3.79. The van der Waals surface area contributed by atoms with Crippen LogP contribution < -0.4 is 5.32 Å². The number of hydrogen-bond donors (Lipinski definition) is 1. The van der Waals surface area contributed by atoms with Crippen LogP contribution in [0.1, 0.15) is 11.1 Å². The van der Waals surface area contributed by atoms with Crippen LogP contribution in [0.25, 0.3) is 21.8 Å². The summed E-state index contributed by atoms with van der Waals surface area (Å²) < 4.78 is 0. The fourth-order valence-corrected chi connectivity index (χ4v) is 2.93. The molecule has 1 aromatic carbocycles. The van der Waals surface area contributed by atoms with Crippen LogP contribution in [-0.4, -0.2) is 35.7 Å². The second-order valence-corrected chi connectivity index (χ2v) is 4.82. The second kappa shape index (κ2) is 4.34. The number of aliphatic imine (C=N–C) groups is 2. The van der Waals surface area contributed by atoms with E-state index in [0.717, 1.165) is 44.6 Å². The molecule has 3 heterocycles. The van der Waals surface area contributed by atoms with E-state index in [-0.39, 0.29) is 0 Å². The van der Waals surface area contributed by atoms with Crippen molar-refractivity contribution in [2.24, 2.45) is 9.98 Å². The highest BCUT2D eigenvalue weighted by molar-refractivity contribution is 6.35. The Hall–Kier alpha value is -2.82. The average molecular weight is 275 g/mol. The van der Waals surface area contributed by atoms with Gasteiger partial charge in [-0.2, -0.15) is 0 Å². The Morgan fingerprint density at radius 2 is 1.29 bits per heavy atom. The summed E-state index contributed by atoms with van der Waals surface area (Å²) in [7, 11) is 3.56. The van der Waals surface area contributed by atoms with Crippen molar-refractivity contribution in [2.75, 3.05) is 14.1 Å². The van der Waals surface area contributed by atoms with Crippen LogP contribution in [0.3, 0.4) is 0 Å². The van der Waals surface area contributed by atoms with E-state index in [9.17, 15) is 0 Å². The Bertz CT molecular complexity index is 863. The lowest BCUT2D eigenvalue weighted by Gasteiger charge is -2.08. The summed E-state index contributed by atoms with van der Waals surface area (Å²) in [4.78, 5) is 17.8. The zero-order valence-corrected chi connectivity index (χ0v) is 11.8. The van der Waals surface area contributed by atoms with E-state index in [4.69, 9.17) is 0 Å². The molecule has 0 spiro atoms. The molecule has 5 nitrogen and oxygen atoms in total. The Morgan fingerprint density at radius 1 is 0.810 bits per heavy atom. The summed E-state index contributed by atoms with van der Waals surface area (Å²) in [6, 6.07) is 7.99. The maximum atomic E-state index is 4.52. The van der Waals surface area contributed by atoms with Crippen molar-refractivity contribution >= 4 is 33.5 Å². The van der Waals surface area contributed by atoms with E-state index in [1.165, 1.54) is 0 Å². The zero-order valence-electron chi connectivity index (χ0n) is 11.8. The van der Waals surface area contributed by atoms with Crippen LogP contribution in [-0.2, 0) is 0 Å². The van der Waals surface area contributed by atoms with Gasteiger partial charge in [0, 0.05) is 48.4 Å². The largest absolute Gasteiger partial charge is 0.324 e. The SMILES string of the molecule is CN=C1NC(=NC)c2c1c1cccnc1c1ncccc21. The average Bonchev–Trinajstić information content (AvgIpc) is 2.94. The number of rotatable bonds is 0. The predicted octanol–water partition coefficient (Wildman–Crippen LogP) is 2.14. The number of amidine groups is 2. The number of nitrogens with zero attached hydrogens (tertiary/aromatic N) is 4. The molecule has 5 heteroatoms. The van der Waals surface area contributed by atoms with Crippen molar-refractivity contribution in [1.82, 2.24) is 15.3 Å². The van der Waals surface area contributed by atoms with Gasteiger partial charge in [-0.05, 0) is 12.1 Å². The standard InChI is InChI=1S/C16H13N5/c1-17-15-11-9-5-3-7-19-13(9)14-10(6-4-8-20-14)12(11)16(18-2)21-15/h3-8H,1-2H3,(H,17,18,21). The highest BCUT2D eigenvalue weighted by atomic mass is 15.1. The maximum Gasteiger partial charge on any atom is 0.135 e. The van der Waals surface area contributed by atoms with Gasteiger partial charge < -0.3 is 5.32 Å². The molecule has 1 aliphatic heterocycles. The summed E-state index contributed by atoms with van der Waals surface area (Å²) in [6.07, 6.45) is 3.59. The van der Waals surface area contributed by atoms with Crippen molar-refractivity contribution in [3.05, 3.63) is 47.8 Å². The molecule has 0 saturated heterocycles. The summed E-state index contributed by atoms with van der Waals surface area (Å²) in [5.41, 5.74) is 3.91. The molecule has 1 N–H and O–H groups in total. The molecule has 2 aromatic heterocycles. The third kappa shape index (κ3) is 1.51. The van der Waals surface area contributed by atoms with Crippen molar-refractivity contribution < 1.29 is 0 Å². The summed E-state index contributed by atoms with van der Waals surface area (Å²) >= 11 is 0. The first-order valence-corrected chi connectivity index (χ1v) is 6.72. The molecule has 21 heavy (non-hydrogen) atoms. The molecule has 0 unspecified atom stereocenters. The lowest BCUT2D eigenvalue weighted by Crippen LogP contribution is -2.22. The van der Waals surface area contributed by atoms with E-state index in [2.05, 4.69) is 37.4 Å². The van der Waals surface area contributed by atoms with Gasteiger partial charge in [0.25, 0.3) is 0 Å². The fourth-order valence-electron chi connectivity index (χ4n) is 2.93. The number of benzene rings is 1. The third-order valence-electron chi connectivity index (χ3n) is 3.79. The molecule has 1 aliphatic rings. The summed E-state index contributed by atoms with van der Waals surface area (Å²) in [5.74, 6) is 1.66. The number of fused-ring (bicyclic) bond motifs is 6. The summed E-state index contributed by atoms with van der Waals surface area (Å²) in [5, 5.41) is 5.38. The van der Waals surface area contributed by atoms with Gasteiger partial charge in [0.1, 0.15) is 11.7 Å². The predicted molar refractivity (Wildman–Crippen MR) is 85.1 cm³/mol. The van der Waals surface area contributed by atoms with Gasteiger partial charge in [-0.25, -0.2) is 0 Å². The molecule has 102 valence electrons. The smallest absolute Gasteiger partial charge is 0.135 e. The van der Waals surface area contributed by atoms with Crippen molar-refractivity contribution in [3.8, 4) is 0 Å². The van der Waals surface area contributed by atoms with Gasteiger partial charge in [0.2, 0.25) is 0 Å². The van der Waals surface area contributed by atoms with E-state index in [0.29, 0.717) is 0 Å². The molecule has 0 bridgehead atoms. The highest BCUT2D eigenvalue weighted by Crippen LogP contribution is 2.33. The van der Waals surface area contributed by atoms with Gasteiger partial charge in [-0.1, -0.05) is 12.1 Å². The number of aromatic nitrogens is 2. The van der Waals surface area contributed by atoms with Gasteiger partial charge in [0.05, 0.1) is 11.0 Å². The topological polar surface area (TPSA) is 62.5 Å². The van der Waals surface area contributed by atoms with E-state index in [1.807, 2.05) is 12.1 Å². The molecular formula is C16H13N5. The molecule has 0 saturated carbocycles. The minimum Gasteiger partial charge on any atom is -0.324 e. The Kier molecular flexibility index (Phi) is 2.47. The lowest BCUT2D eigenvalue weighted by atomic mass is 9.97. The Balaban J connectivity index is 2.34. The Morgan fingerprint density at radius 3 is 1.71 bits per heavy atom. The van der Waals surface area contributed by atoms with Crippen LogP contribution in [0.5, 0.6) is 0 Å². The minimum atomic E-state index is 0.828. The number of pyridine rings is 2. The van der Waals surface area contributed by atoms with Crippen molar-refractivity contribution in [2.45, 2.75) is 0 Å². The molecule has 3 aromatic rings. The molecule has 0 amide bonds. The van der Waals surface area contributed by atoms with E-state index in [1.54, 1.807) is 26.5 Å². The lowest BCUT2D eigenvalue weighted by molar-refractivity contribution is 1.29. The van der Waals surface area contributed by atoms with Crippen LogP contribution in [0.2, 0.25) is 0 Å². The molecule has 0 radical (unpaired) electrons. The molecule has 0 atom stereocenters. The van der Waals surface area contributed by atoms with Crippen molar-refractivity contribution in [3.63, 3.8) is 0 Å². The van der Waals surface area contributed by atoms with Gasteiger partial charge in [0.15, 0.2) is 0 Å². The van der Waals surface area contributed by atoms with Crippen LogP contribution >= 0.6 is 0 Å². The van der Waals surface area contributed by atoms with E-state index >= 15 is 0 Å². The molecule has 0 aliphatic carbocycles. The number of nitrogens with one attached hydrogen (secondary N) is 1. The quantitative estimate of drug-likeness (QED) is 0.639. The van der Waals surface area contributed by atoms with Gasteiger partial charge in [-0.15, -0.1) is 0 Å². The highest BCUT2D eigenvalue weighted by Gasteiger charge is 2.28. The first-order valence-electron chi connectivity index (χ1n) is 6.72. The first kappa shape index (κ1) is 12.0. The Labute approximate surface area is 121 Å². The first-order chi connectivity index (χ1) is 10.3.